The van der Waals surface area contributed by atoms with Crippen molar-refractivity contribution in [3.63, 3.8) is 0 Å². The summed E-state index contributed by atoms with van der Waals surface area (Å²) >= 11 is 0. The summed E-state index contributed by atoms with van der Waals surface area (Å²) in [6.45, 7) is 15.7. The second-order valence-electron chi connectivity index (χ2n) is 15.5. The fourth-order valence-corrected chi connectivity index (χ4v) is 10.6. The second kappa shape index (κ2) is 8.06. The molecular formula is C31H48O6. The van der Waals surface area contributed by atoms with Gasteiger partial charge in [0.25, 0.3) is 0 Å². The molecule has 0 bridgehead atoms. The van der Waals surface area contributed by atoms with Crippen LogP contribution in [0, 0.1) is 50.2 Å². The first-order valence-electron chi connectivity index (χ1n) is 14.4. The van der Waals surface area contributed by atoms with Crippen molar-refractivity contribution < 1.29 is 29.6 Å². The Bertz CT molecular complexity index is 1030. The standard InChI is InChI=1S/C31H48O6/c1-26(2)12-13-27(3)14-15-29(5)18(19(27)16-26)8-9-21-30(29,6)11-10-20-28(4,17-37-25(35)36)23(33)22(32)24(34)31(20,21)7/h8,19-22,24,32,34H,9-17H2,1-7H3,(H,35,36)/t19-,20?,21+,22-,24?,27-,28?,29-,30-,31+/m1/s1. The third kappa shape index (κ3) is 3.43. The van der Waals surface area contributed by atoms with Gasteiger partial charge in [-0.15, -0.1) is 0 Å². The molecule has 0 amide bonds. The molecule has 0 aliphatic heterocycles. The number of carbonyl (C=O) groups is 2. The molecule has 10 atom stereocenters. The van der Waals surface area contributed by atoms with Crippen LogP contribution in [0.15, 0.2) is 11.6 Å². The van der Waals surface area contributed by atoms with E-state index in [0.29, 0.717) is 23.2 Å². The van der Waals surface area contributed by atoms with E-state index in [0.717, 1.165) is 19.3 Å². The first kappa shape index (κ1) is 27.2. The number of hydrogen-bond acceptors (Lipinski definition) is 5. The number of ether oxygens (including phenoxy) is 1. The molecule has 0 aromatic carbocycles. The van der Waals surface area contributed by atoms with E-state index in [4.69, 9.17) is 4.74 Å². The Hall–Kier alpha value is -1.40. The van der Waals surface area contributed by atoms with Crippen LogP contribution < -0.4 is 0 Å². The number of carbonyl (C=O) groups excluding carboxylic acids is 1. The van der Waals surface area contributed by atoms with E-state index >= 15 is 0 Å². The van der Waals surface area contributed by atoms with Gasteiger partial charge in [-0.3, -0.25) is 4.79 Å². The van der Waals surface area contributed by atoms with Gasteiger partial charge in [0.1, 0.15) is 12.7 Å². The summed E-state index contributed by atoms with van der Waals surface area (Å²) in [6.07, 6.45) is 6.86. The summed E-state index contributed by atoms with van der Waals surface area (Å²) in [5.41, 5.74) is 0.271. The zero-order chi connectivity index (χ0) is 27.4. The largest absolute Gasteiger partial charge is 0.505 e. The Morgan fingerprint density at radius 1 is 0.973 bits per heavy atom. The van der Waals surface area contributed by atoms with E-state index in [1.165, 1.54) is 25.7 Å². The summed E-state index contributed by atoms with van der Waals surface area (Å²) in [4.78, 5) is 24.6. The maximum Gasteiger partial charge on any atom is 0.505 e. The van der Waals surface area contributed by atoms with Gasteiger partial charge in [0, 0.05) is 5.41 Å². The van der Waals surface area contributed by atoms with Crippen LogP contribution in [0.3, 0.4) is 0 Å². The molecule has 6 nitrogen and oxygen atoms in total. The van der Waals surface area contributed by atoms with Crippen LogP contribution in [0.25, 0.3) is 0 Å². The van der Waals surface area contributed by atoms with Gasteiger partial charge in [-0.2, -0.15) is 0 Å². The minimum absolute atomic E-state index is 0.0123. The van der Waals surface area contributed by atoms with Gasteiger partial charge in [0.15, 0.2) is 5.78 Å². The van der Waals surface area contributed by atoms with Gasteiger partial charge < -0.3 is 20.1 Å². The quantitative estimate of drug-likeness (QED) is 0.307. The summed E-state index contributed by atoms with van der Waals surface area (Å²) in [5, 5.41) is 31.9. The maximum atomic E-state index is 13.4. The van der Waals surface area contributed by atoms with Crippen LogP contribution in [0.4, 0.5) is 4.79 Å². The van der Waals surface area contributed by atoms with Crippen molar-refractivity contribution in [1.29, 1.82) is 0 Å². The molecular weight excluding hydrogens is 468 g/mol. The van der Waals surface area contributed by atoms with E-state index in [1.807, 2.05) is 0 Å². The summed E-state index contributed by atoms with van der Waals surface area (Å²) in [7, 11) is 0. The zero-order valence-corrected chi connectivity index (χ0v) is 23.9. The third-order valence-electron chi connectivity index (χ3n) is 13.3. The summed E-state index contributed by atoms with van der Waals surface area (Å²) in [5.74, 6) is -0.140. The lowest BCUT2D eigenvalue weighted by atomic mass is 9.33. The molecule has 0 aromatic heterocycles. The monoisotopic (exact) mass is 516 g/mol. The normalized spacial score (nSPS) is 52.6. The highest BCUT2D eigenvalue weighted by molar-refractivity contribution is 5.91. The van der Waals surface area contributed by atoms with Crippen LogP contribution in [-0.4, -0.2) is 46.1 Å². The Kier molecular flexibility index (Phi) is 5.92. The molecule has 4 saturated carbocycles. The molecule has 0 radical (unpaired) electrons. The number of rotatable bonds is 2. The predicted octanol–water partition coefficient (Wildman–Crippen LogP) is 5.99. The molecule has 6 heteroatoms. The Balaban J connectivity index is 1.59. The fraction of sp³-hybridized carbons (Fsp3) is 0.871. The smallest absolute Gasteiger partial charge is 0.450 e. The Morgan fingerprint density at radius 2 is 1.62 bits per heavy atom. The molecule has 0 heterocycles. The molecule has 0 spiro atoms. The van der Waals surface area contributed by atoms with Crippen molar-refractivity contribution in [1.82, 2.24) is 0 Å². The number of fused-ring (bicyclic) bond motifs is 7. The maximum absolute atomic E-state index is 13.4. The Labute approximate surface area is 222 Å². The highest BCUT2D eigenvalue weighted by Gasteiger charge is 2.72. The van der Waals surface area contributed by atoms with Gasteiger partial charge in [-0.25, -0.2) is 4.79 Å². The van der Waals surface area contributed by atoms with Gasteiger partial charge in [-0.05, 0) is 97.7 Å². The average molecular weight is 517 g/mol. The van der Waals surface area contributed by atoms with E-state index < -0.39 is 35.0 Å². The molecule has 3 unspecified atom stereocenters. The lowest BCUT2D eigenvalue weighted by Crippen LogP contribution is -2.72. The van der Waals surface area contributed by atoms with Crippen LogP contribution in [0.5, 0.6) is 0 Å². The van der Waals surface area contributed by atoms with Crippen LogP contribution in [0.2, 0.25) is 0 Å². The van der Waals surface area contributed by atoms with Crippen molar-refractivity contribution in [2.45, 2.75) is 112 Å². The highest BCUT2D eigenvalue weighted by Crippen LogP contribution is 2.75. The fourth-order valence-electron chi connectivity index (χ4n) is 10.6. The van der Waals surface area contributed by atoms with E-state index in [-0.39, 0.29) is 29.3 Å². The predicted molar refractivity (Wildman–Crippen MR) is 141 cm³/mol. The number of allylic oxidation sites excluding steroid dienone is 2. The molecule has 37 heavy (non-hydrogen) atoms. The number of ketones is 1. The molecule has 3 N–H and O–H groups in total. The molecule has 5 aliphatic rings. The van der Waals surface area contributed by atoms with E-state index in [9.17, 15) is 24.9 Å². The topological polar surface area (TPSA) is 104 Å². The summed E-state index contributed by atoms with van der Waals surface area (Å²) in [6, 6.07) is 0. The lowest BCUT2D eigenvalue weighted by Gasteiger charge is -2.71. The molecule has 5 rings (SSSR count). The number of aliphatic hydroxyl groups excluding tert-OH is 2. The van der Waals surface area contributed by atoms with Crippen molar-refractivity contribution in [2.24, 2.45) is 50.2 Å². The lowest BCUT2D eigenvalue weighted by molar-refractivity contribution is -0.242. The molecule has 4 fully saturated rings. The summed E-state index contributed by atoms with van der Waals surface area (Å²) < 4.78 is 4.98. The van der Waals surface area contributed by atoms with Crippen LogP contribution >= 0.6 is 0 Å². The number of Topliss-reactive ketones (excluding diaryl/α,β-unsaturated/α-hetero) is 1. The van der Waals surface area contributed by atoms with Gasteiger partial charge >= 0.3 is 6.16 Å². The molecule has 0 saturated heterocycles. The van der Waals surface area contributed by atoms with Crippen LogP contribution in [-0.2, 0) is 9.53 Å². The van der Waals surface area contributed by atoms with Crippen molar-refractivity contribution in [3.05, 3.63) is 11.6 Å². The Morgan fingerprint density at radius 3 is 2.27 bits per heavy atom. The van der Waals surface area contributed by atoms with Crippen LogP contribution in [0.1, 0.15) is 99.8 Å². The zero-order valence-electron chi connectivity index (χ0n) is 23.9. The van der Waals surface area contributed by atoms with E-state index in [1.54, 1.807) is 12.5 Å². The number of hydrogen-bond donors (Lipinski definition) is 3. The SMILES string of the molecule is CC1(C)CC[C@]2(C)CC[C@]3(C)C(=CC[C@@H]4[C@@]5(C)C(O)[C@H](O)C(=O)C(C)(COC(=O)O)C5CC[C@]43C)[C@H]2C1. The molecule has 0 aromatic rings. The first-order valence-corrected chi connectivity index (χ1v) is 14.4. The van der Waals surface area contributed by atoms with Crippen molar-refractivity contribution >= 4 is 11.9 Å². The average Bonchev–Trinajstić information content (AvgIpc) is 2.82. The number of aliphatic hydroxyl groups is 2. The number of carboxylic acid groups (broad SMARTS) is 1. The van der Waals surface area contributed by atoms with E-state index in [2.05, 4.69) is 47.6 Å². The molecule has 208 valence electrons. The minimum Gasteiger partial charge on any atom is -0.450 e. The minimum atomic E-state index is -1.54. The van der Waals surface area contributed by atoms with Gasteiger partial charge in [-0.1, -0.05) is 53.2 Å². The van der Waals surface area contributed by atoms with Gasteiger partial charge in [0.2, 0.25) is 0 Å². The second-order valence-corrected chi connectivity index (χ2v) is 15.5. The third-order valence-corrected chi connectivity index (χ3v) is 13.3. The first-order chi connectivity index (χ1) is 17.0. The highest BCUT2D eigenvalue weighted by atomic mass is 16.7. The van der Waals surface area contributed by atoms with Gasteiger partial charge in [0.05, 0.1) is 11.5 Å². The molecule has 5 aliphatic carbocycles. The van der Waals surface area contributed by atoms with Crippen molar-refractivity contribution in [3.8, 4) is 0 Å². The van der Waals surface area contributed by atoms with Crippen molar-refractivity contribution in [2.75, 3.05) is 6.61 Å².